The van der Waals surface area contributed by atoms with E-state index < -0.39 is 0 Å². The van der Waals surface area contributed by atoms with Gasteiger partial charge >= 0.3 is 0 Å². The van der Waals surface area contributed by atoms with E-state index in [1.807, 2.05) is 0 Å². The summed E-state index contributed by atoms with van der Waals surface area (Å²) in [5.74, 6) is 0.231. The molecule has 0 saturated heterocycles. The smallest absolute Gasteiger partial charge is 0.138 e. The van der Waals surface area contributed by atoms with Gasteiger partial charge in [-0.3, -0.25) is 4.79 Å². The van der Waals surface area contributed by atoms with Crippen molar-refractivity contribution in [1.29, 1.82) is 0 Å². The van der Waals surface area contributed by atoms with Gasteiger partial charge in [0.1, 0.15) is 5.78 Å². The summed E-state index contributed by atoms with van der Waals surface area (Å²) < 4.78 is 0. The second-order valence-corrected chi connectivity index (χ2v) is 3.78. The van der Waals surface area contributed by atoms with Crippen LogP contribution in [-0.2, 0) is 4.79 Å². The second kappa shape index (κ2) is 3.85. The van der Waals surface area contributed by atoms with Crippen molar-refractivity contribution in [2.45, 2.75) is 44.1 Å². The summed E-state index contributed by atoms with van der Waals surface area (Å²) in [5, 5.41) is 0. The predicted molar refractivity (Wildman–Crippen MR) is 49.8 cm³/mol. The summed E-state index contributed by atoms with van der Waals surface area (Å²) in [7, 11) is 0. The van der Waals surface area contributed by atoms with Gasteiger partial charge in [0.05, 0.1) is 0 Å². The molecule has 1 fully saturated rings. The standard InChI is InChI=1S/C10H17NO/c1-2-5-9(12)8-10(11)6-3-4-7-10/h2H,1,3-8,11H2. The Hall–Kier alpha value is -0.630. The van der Waals surface area contributed by atoms with Crippen LogP contribution in [0.1, 0.15) is 38.5 Å². The third kappa shape index (κ3) is 2.45. The van der Waals surface area contributed by atoms with Gasteiger partial charge in [0.15, 0.2) is 0 Å². The van der Waals surface area contributed by atoms with Gasteiger partial charge in [0, 0.05) is 18.4 Å². The van der Waals surface area contributed by atoms with Crippen LogP contribution in [0.15, 0.2) is 12.7 Å². The summed E-state index contributed by atoms with van der Waals surface area (Å²) in [6.07, 6.45) is 7.04. The van der Waals surface area contributed by atoms with Gasteiger partial charge in [-0.05, 0) is 12.8 Å². The fourth-order valence-electron chi connectivity index (χ4n) is 1.88. The van der Waals surface area contributed by atoms with Crippen LogP contribution in [0.2, 0.25) is 0 Å². The molecule has 1 aliphatic rings. The Balaban J connectivity index is 2.38. The molecule has 0 aromatic heterocycles. The lowest BCUT2D eigenvalue weighted by Gasteiger charge is -2.21. The maximum atomic E-state index is 11.3. The number of carbonyl (C=O) groups is 1. The Labute approximate surface area is 73.8 Å². The molecule has 0 aromatic rings. The molecule has 1 rings (SSSR count). The molecule has 0 radical (unpaired) electrons. The molecular formula is C10H17NO. The molecule has 1 saturated carbocycles. The van der Waals surface area contributed by atoms with E-state index in [1.54, 1.807) is 6.08 Å². The molecule has 0 atom stereocenters. The molecule has 0 aromatic carbocycles. The van der Waals surface area contributed by atoms with Gasteiger partial charge in [-0.25, -0.2) is 0 Å². The Morgan fingerprint density at radius 2 is 2.08 bits per heavy atom. The van der Waals surface area contributed by atoms with Crippen molar-refractivity contribution >= 4 is 5.78 Å². The van der Waals surface area contributed by atoms with Crippen molar-refractivity contribution in [3.8, 4) is 0 Å². The van der Waals surface area contributed by atoms with Gasteiger partial charge < -0.3 is 5.73 Å². The van der Waals surface area contributed by atoms with E-state index in [2.05, 4.69) is 6.58 Å². The molecule has 0 spiro atoms. The molecule has 12 heavy (non-hydrogen) atoms. The molecule has 1 aliphatic carbocycles. The van der Waals surface area contributed by atoms with Gasteiger partial charge in [-0.2, -0.15) is 0 Å². The highest BCUT2D eigenvalue weighted by atomic mass is 16.1. The van der Waals surface area contributed by atoms with E-state index in [-0.39, 0.29) is 11.3 Å². The van der Waals surface area contributed by atoms with Crippen LogP contribution >= 0.6 is 0 Å². The maximum Gasteiger partial charge on any atom is 0.138 e. The average Bonchev–Trinajstić information content (AvgIpc) is 2.36. The van der Waals surface area contributed by atoms with Crippen molar-refractivity contribution < 1.29 is 4.79 Å². The molecule has 2 heteroatoms. The zero-order chi connectivity index (χ0) is 9.03. The van der Waals surface area contributed by atoms with Crippen LogP contribution in [0, 0.1) is 0 Å². The number of rotatable bonds is 4. The molecule has 68 valence electrons. The molecule has 2 N–H and O–H groups in total. The lowest BCUT2D eigenvalue weighted by molar-refractivity contribution is -0.119. The summed E-state index contributed by atoms with van der Waals surface area (Å²) in [4.78, 5) is 11.3. The first-order chi connectivity index (χ1) is 5.66. The predicted octanol–water partition coefficient (Wildman–Crippen LogP) is 1.79. The van der Waals surface area contributed by atoms with Crippen molar-refractivity contribution in [3.63, 3.8) is 0 Å². The van der Waals surface area contributed by atoms with Gasteiger partial charge in [0.2, 0.25) is 0 Å². The monoisotopic (exact) mass is 167 g/mol. The van der Waals surface area contributed by atoms with E-state index in [4.69, 9.17) is 5.73 Å². The summed E-state index contributed by atoms with van der Waals surface area (Å²) in [6.45, 7) is 3.54. The normalized spacial score (nSPS) is 20.8. The van der Waals surface area contributed by atoms with Crippen LogP contribution in [0.4, 0.5) is 0 Å². The highest BCUT2D eigenvalue weighted by Crippen LogP contribution is 2.30. The topological polar surface area (TPSA) is 43.1 Å². The van der Waals surface area contributed by atoms with Crippen molar-refractivity contribution in [3.05, 3.63) is 12.7 Å². The number of ketones is 1. The summed E-state index contributed by atoms with van der Waals surface area (Å²) in [6, 6.07) is 0. The van der Waals surface area contributed by atoms with Crippen LogP contribution in [0.5, 0.6) is 0 Å². The fraction of sp³-hybridized carbons (Fsp3) is 0.700. The molecule has 0 amide bonds. The average molecular weight is 167 g/mol. The summed E-state index contributed by atoms with van der Waals surface area (Å²) in [5.41, 5.74) is 5.85. The number of carbonyl (C=O) groups excluding carboxylic acids is 1. The van der Waals surface area contributed by atoms with E-state index in [1.165, 1.54) is 12.8 Å². The van der Waals surface area contributed by atoms with Crippen LogP contribution < -0.4 is 5.73 Å². The third-order valence-electron chi connectivity index (χ3n) is 2.52. The Kier molecular flexibility index (Phi) is 3.04. The molecule has 0 unspecified atom stereocenters. The first-order valence-corrected chi connectivity index (χ1v) is 4.58. The maximum absolute atomic E-state index is 11.3. The van der Waals surface area contributed by atoms with E-state index >= 15 is 0 Å². The van der Waals surface area contributed by atoms with Gasteiger partial charge in [-0.1, -0.05) is 18.9 Å². The number of Topliss-reactive ketones (excluding diaryl/α,β-unsaturated/α-hetero) is 1. The van der Waals surface area contributed by atoms with E-state index in [0.29, 0.717) is 12.8 Å². The van der Waals surface area contributed by atoms with E-state index in [9.17, 15) is 4.79 Å². The van der Waals surface area contributed by atoms with Gasteiger partial charge in [-0.15, -0.1) is 6.58 Å². The number of hydrogen-bond acceptors (Lipinski definition) is 2. The Morgan fingerprint density at radius 3 is 2.58 bits per heavy atom. The zero-order valence-corrected chi connectivity index (χ0v) is 7.51. The molecule has 2 nitrogen and oxygen atoms in total. The number of allylic oxidation sites excluding steroid dienone is 1. The minimum absolute atomic E-state index is 0.180. The zero-order valence-electron chi connectivity index (χ0n) is 7.51. The Bertz CT molecular complexity index is 180. The van der Waals surface area contributed by atoms with Gasteiger partial charge in [0.25, 0.3) is 0 Å². The number of hydrogen-bond donors (Lipinski definition) is 1. The largest absolute Gasteiger partial charge is 0.325 e. The fourth-order valence-corrected chi connectivity index (χ4v) is 1.88. The summed E-state index contributed by atoms with van der Waals surface area (Å²) >= 11 is 0. The van der Waals surface area contributed by atoms with Crippen molar-refractivity contribution in [2.75, 3.05) is 0 Å². The highest BCUT2D eigenvalue weighted by molar-refractivity contribution is 5.80. The molecule has 0 bridgehead atoms. The Morgan fingerprint density at radius 1 is 1.50 bits per heavy atom. The van der Waals surface area contributed by atoms with Crippen molar-refractivity contribution in [1.82, 2.24) is 0 Å². The van der Waals surface area contributed by atoms with Crippen LogP contribution in [0.3, 0.4) is 0 Å². The first-order valence-electron chi connectivity index (χ1n) is 4.58. The van der Waals surface area contributed by atoms with E-state index in [0.717, 1.165) is 12.8 Å². The van der Waals surface area contributed by atoms with Crippen LogP contribution in [-0.4, -0.2) is 11.3 Å². The lowest BCUT2D eigenvalue weighted by Crippen LogP contribution is -2.38. The molecule has 0 aliphatic heterocycles. The van der Waals surface area contributed by atoms with Crippen LogP contribution in [0.25, 0.3) is 0 Å². The minimum Gasteiger partial charge on any atom is -0.325 e. The third-order valence-corrected chi connectivity index (χ3v) is 2.52. The molecule has 0 heterocycles. The highest BCUT2D eigenvalue weighted by Gasteiger charge is 2.30. The first kappa shape index (κ1) is 9.46. The minimum atomic E-state index is -0.180. The molecular weight excluding hydrogens is 150 g/mol. The second-order valence-electron chi connectivity index (χ2n) is 3.78. The quantitative estimate of drug-likeness (QED) is 0.649. The SMILES string of the molecule is C=CCC(=O)CC1(N)CCCC1. The lowest BCUT2D eigenvalue weighted by atomic mass is 9.91. The number of nitrogens with two attached hydrogens (primary N) is 1. The van der Waals surface area contributed by atoms with Crippen molar-refractivity contribution in [2.24, 2.45) is 5.73 Å².